The first kappa shape index (κ1) is 32.8. The van der Waals surface area contributed by atoms with E-state index in [1.165, 1.54) is 4.90 Å². The fourth-order valence-electron chi connectivity index (χ4n) is 5.72. The van der Waals surface area contributed by atoms with Crippen molar-refractivity contribution in [1.29, 1.82) is 0 Å². The number of methoxy groups -OCH3 is 1. The molecular formula is C32H44N4O8. The van der Waals surface area contributed by atoms with E-state index in [1.54, 1.807) is 60.9 Å². The number of carboxylic acids is 1. The number of nitrogens with zero attached hydrogens (tertiary/aromatic N) is 2. The first-order valence-corrected chi connectivity index (χ1v) is 14.9. The van der Waals surface area contributed by atoms with Crippen molar-refractivity contribution < 1.29 is 38.5 Å². The van der Waals surface area contributed by atoms with Gasteiger partial charge in [-0.2, -0.15) is 0 Å². The van der Waals surface area contributed by atoms with Crippen LogP contribution in [0.4, 0.5) is 4.79 Å². The average Bonchev–Trinajstić information content (AvgIpc) is 3.49. The molecule has 0 radical (unpaired) electrons. The second kappa shape index (κ2) is 12.1. The lowest BCUT2D eigenvalue weighted by molar-refractivity contribution is -0.146. The minimum Gasteiger partial charge on any atom is -0.497 e. The zero-order valence-corrected chi connectivity index (χ0v) is 26.7. The zero-order chi connectivity index (χ0) is 32.6. The minimum absolute atomic E-state index is 0.0188. The van der Waals surface area contributed by atoms with Gasteiger partial charge in [-0.3, -0.25) is 9.59 Å². The number of pyridine rings is 1. The molecule has 3 N–H and O–H groups in total. The summed E-state index contributed by atoms with van der Waals surface area (Å²) >= 11 is 0. The molecule has 0 spiro atoms. The van der Waals surface area contributed by atoms with Crippen LogP contribution in [0.15, 0.2) is 30.5 Å². The number of amides is 3. The summed E-state index contributed by atoms with van der Waals surface area (Å²) in [4.78, 5) is 58.7. The summed E-state index contributed by atoms with van der Waals surface area (Å²) in [5, 5.41) is 17.0. The number of benzene rings is 1. The molecule has 12 nitrogen and oxygen atoms in total. The number of hydrogen-bond acceptors (Lipinski definition) is 8. The molecule has 44 heavy (non-hydrogen) atoms. The summed E-state index contributed by atoms with van der Waals surface area (Å²) in [5.41, 5.74) is -2.91. The summed E-state index contributed by atoms with van der Waals surface area (Å²) in [6, 6.07) is 5.21. The number of carbonyl (C=O) groups excluding carboxylic acids is 3. The summed E-state index contributed by atoms with van der Waals surface area (Å²) in [7, 11) is 1.58. The molecule has 12 heteroatoms. The van der Waals surface area contributed by atoms with E-state index in [-0.39, 0.29) is 18.9 Å². The van der Waals surface area contributed by atoms with Gasteiger partial charge in [0.25, 0.3) is 0 Å². The Labute approximate surface area is 257 Å². The maximum absolute atomic E-state index is 14.2. The number of aliphatic carboxylic acids is 1. The molecule has 3 amide bonds. The first-order valence-electron chi connectivity index (χ1n) is 14.9. The molecule has 2 aromatic rings. The van der Waals surface area contributed by atoms with Crippen molar-refractivity contribution in [2.75, 3.05) is 13.7 Å². The Morgan fingerprint density at radius 2 is 1.84 bits per heavy atom. The third-order valence-corrected chi connectivity index (χ3v) is 8.16. The average molecular weight is 613 g/mol. The third kappa shape index (κ3) is 7.00. The summed E-state index contributed by atoms with van der Waals surface area (Å²) in [6.45, 7) is 12.5. The number of aromatic nitrogens is 1. The van der Waals surface area contributed by atoms with E-state index in [2.05, 4.69) is 15.6 Å². The number of carbonyl (C=O) groups is 4. The molecule has 0 bridgehead atoms. The van der Waals surface area contributed by atoms with E-state index < -0.39 is 58.6 Å². The predicted molar refractivity (Wildman–Crippen MR) is 162 cm³/mol. The third-order valence-electron chi connectivity index (χ3n) is 8.16. The largest absolute Gasteiger partial charge is 0.497 e. The second-order valence-corrected chi connectivity index (χ2v) is 13.7. The van der Waals surface area contributed by atoms with E-state index in [4.69, 9.17) is 14.2 Å². The van der Waals surface area contributed by atoms with Gasteiger partial charge in [0.05, 0.1) is 13.7 Å². The Morgan fingerprint density at radius 3 is 2.41 bits per heavy atom. The highest BCUT2D eigenvalue weighted by atomic mass is 16.6. The van der Waals surface area contributed by atoms with Crippen LogP contribution in [0.5, 0.6) is 11.6 Å². The van der Waals surface area contributed by atoms with Crippen LogP contribution in [0.25, 0.3) is 10.8 Å². The van der Waals surface area contributed by atoms with Crippen LogP contribution in [0.1, 0.15) is 67.7 Å². The zero-order valence-electron chi connectivity index (χ0n) is 26.7. The van der Waals surface area contributed by atoms with E-state index >= 15 is 0 Å². The molecule has 1 aromatic heterocycles. The minimum atomic E-state index is -1.37. The van der Waals surface area contributed by atoms with E-state index in [0.29, 0.717) is 24.5 Å². The van der Waals surface area contributed by atoms with Gasteiger partial charge in [-0.25, -0.2) is 14.6 Å². The fourth-order valence-corrected chi connectivity index (χ4v) is 5.72. The molecule has 240 valence electrons. The first-order chi connectivity index (χ1) is 20.5. The van der Waals surface area contributed by atoms with E-state index in [0.717, 1.165) is 10.8 Å². The van der Waals surface area contributed by atoms with Gasteiger partial charge in [-0.15, -0.1) is 0 Å². The lowest BCUT2D eigenvalue weighted by atomic mass is 9.85. The summed E-state index contributed by atoms with van der Waals surface area (Å²) < 4.78 is 17.1. The molecule has 5 atom stereocenters. The Hall–Kier alpha value is -4.09. The van der Waals surface area contributed by atoms with Crippen molar-refractivity contribution in [3.8, 4) is 11.6 Å². The number of alkyl carbamates (subject to hydrolysis) is 1. The molecule has 2 fully saturated rings. The molecule has 1 aliphatic heterocycles. The van der Waals surface area contributed by atoms with Gasteiger partial charge < -0.3 is 34.9 Å². The smallest absolute Gasteiger partial charge is 0.408 e. The molecule has 0 unspecified atom stereocenters. The number of rotatable bonds is 9. The lowest BCUT2D eigenvalue weighted by Gasteiger charge is -2.35. The number of nitrogens with one attached hydrogen (secondary N) is 2. The van der Waals surface area contributed by atoms with Crippen LogP contribution in [0, 0.1) is 11.3 Å². The number of likely N-dealkylation sites (tertiary alicyclic amines) is 1. The molecule has 4 rings (SSSR count). The van der Waals surface area contributed by atoms with Crippen LogP contribution in [-0.2, 0) is 19.1 Å². The second-order valence-electron chi connectivity index (χ2n) is 13.7. The van der Waals surface area contributed by atoms with Gasteiger partial charge in [0.15, 0.2) is 0 Å². The Kier molecular flexibility index (Phi) is 9.04. The highest BCUT2D eigenvalue weighted by Gasteiger charge is 2.61. The topological polar surface area (TPSA) is 156 Å². The number of hydrogen-bond donors (Lipinski definition) is 3. The lowest BCUT2D eigenvalue weighted by Crippen LogP contribution is -2.59. The van der Waals surface area contributed by atoms with Crippen molar-refractivity contribution in [3.63, 3.8) is 0 Å². The van der Waals surface area contributed by atoms with E-state index in [9.17, 15) is 24.3 Å². The maximum atomic E-state index is 14.2. The standard InChI is InChI=1S/C32H44N4O8/c1-9-19-16-32(19,28(39)40)35-25(37)23-15-21(43-26-22-11-10-20(42-8)14-18(22)12-13-33-26)17-36(23)27(38)24(30(2,3)4)34-29(41)44-31(5,6)7/h10-14,19,21,23-24H,9,15-17H2,1-8H3,(H,34,41)(H,35,37)(H,39,40)/t19-,21-,23+,24-,32-/m1/s1. The normalized spacial score (nSPS) is 23.9. The number of carboxylic acid groups (broad SMARTS) is 1. The van der Waals surface area contributed by atoms with Crippen molar-refractivity contribution >= 4 is 34.6 Å². The van der Waals surface area contributed by atoms with Gasteiger partial charge in [0.2, 0.25) is 17.7 Å². The molecule has 1 saturated carbocycles. The monoisotopic (exact) mass is 612 g/mol. The molecule has 2 heterocycles. The van der Waals surface area contributed by atoms with E-state index in [1.807, 2.05) is 25.1 Å². The Bertz CT molecular complexity index is 1430. The summed E-state index contributed by atoms with van der Waals surface area (Å²) in [5.74, 6) is -1.38. The molecule has 2 aliphatic rings. The predicted octanol–water partition coefficient (Wildman–Crippen LogP) is 3.90. The molecule has 1 aromatic carbocycles. The van der Waals surface area contributed by atoms with Crippen LogP contribution in [-0.4, -0.2) is 81.8 Å². The highest BCUT2D eigenvalue weighted by molar-refractivity contribution is 5.96. The SMILES string of the molecule is CC[C@@H]1C[C@]1(NC(=O)[C@@H]1C[C@@H](Oc2nccc3cc(OC)ccc23)CN1C(=O)[C@@H](NC(=O)OC(C)(C)C)C(C)(C)C)C(=O)O. The molecule has 1 saturated heterocycles. The van der Waals surface area contributed by atoms with Crippen LogP contribution in [0.3, 0.4) is 0 Å². The van der Waals surface area contributed by atoms with Crippen LogP contribution in [0.2, 0.25) is 0 Å². The number of ether oxygens (including phenoxy) is 3. The van der Waals surface area contributed by atoms with Gasteiger partial charge in [0, 0.05) is 18.0 Å². The number of fused-ring (bicyclic) bond motifs is 1. The molecular weight excluding hydrogens is 568 g/mol. The highest BCUT2D eigenvalue weighted by Crippen LogP contribution is 2.46. The van der Waals surface area contributed by atoms with Gasteiger partial charge in [-0.05, 0) is 68.2 Å². The Balaban J connectivity index is 1.64. The fraction of sp³-hybridized carbons (Fsp3) is 0.594. The summed E-state index contributed by atoms with van der Waals surface area (Å²) in [6.07, 6.45) is 1.21. The van der Waals surface area contributed by atoms with Crippen molar-refractivity contribution in [2.45, 2.75) is 97.1 Å². The van der Waals surface area contributed by atoms with Crippen molar-refractivity contribution in [2.24, 2.45) is 11.3 Å². The Morgan fingerprint density at radius 1 is 1.14 bits per heavy atom. The van der Waals surface area contributed by atoms with Gasteiger partial charge >= 0.3 is 12.1 Å². The van der Waals surface area contributed by atoms with Crippen molar-refractivity contribution in [3.05, 3.63) is 30.5 Å². The van der Waals surface area contributed by atoms with Crippen LogP contribution >= 0.6 is 0 Å². The van der Waals surface area contributed by atoms with Crippen LogP contribution < -0.4 is 20.1 Å². The van der Waals surface area contributed by atoms with Gasteiger partial charge in [0.1, 0.15) is 35.1 Å². The van der Waals surface area contributed by atoms with Gasteiger partial charge in [-0.1, -0.05) is 34.1 Å². The van der Waals surface area contributed by atoms with Crippen molar-refractivity contribution in [1.82, 2.24) is 20.5 Å². The quantitative estimate of drug-likeness (QED) is 0.382. The maximum Gasteiger partial charge on any atom is 0.408 e. The molecule has 1 aliphatic carbocycles.